The minimum Gasteiger partial charge on any atom is -0.147 e. The Kier molecular flexibility index (Phi) is 21.6. The Morgan fingerprint density at radius 3 is 1.40 bits per heavy atom. The van der Waals surface area contributed by atoms with Gasteiger partial charge in [-0.05, 0) is 0 Å². The van der Waals surface area contributed by atoms with E-state index in [2.05, 4.69) is 28.8 Å². The summed E-state index contributed by atoms with van der Waals surface area (Å²) in [6.07, 6.45) is 3.41. The molecule has 0 bridgehead atoms. The third kappa shape index (κ3) is 31.3. The van der Waals surface area contributed by atoms with Gasteiger partial charge in [-0.1, -0.05) is 0 Å². The molecule has 0 saturated heterocycles. The molecule has 0 aromatic heterocycles. The summed E-state index contributed by atoms with van der Waals surface area (Å²) in [5.41, 5.74) is 0. The Bertz CT molecular complexity index is 108. The van der Waals surface area contributed by atoms with Crippen molar-refractivity contribution in [3.8, 4) is 0 Å². The maximum atomic E-state index is 8.27. The number of hydrogen-bond acceptors (Lipinski definition) is 3. The van der Waals surface area contributed by atoms with Gasteiger partial charge in [0.2, 0.25) is 0 Å². The van der Waals surface area contributed by atoms with Crippen molar-refractivity contribution in [2.24, 2.45) is 0 Å². The van der Waals surface area contributed by atoms with Crippen molar-refractivity contribution >= 4 is 20.4 Å². The normalized spacial score (nSPS) is 11.3. The molecule has 3 nitrogen and oxygen atoms in total. The van der Waals surface area contributed by atoms with Crippen LogP contribution in [0.15, 0.2) is 0 Å². The van der Waals surface area contributed by atoms with Crippen molar-refractivity contribution in [3.63, 3.8) is 0 Å². The van der Waals surface area contributed by atoms with E-state index in [9.17, 15) is 0 Å². The van der Waals surface area contributed by atoms with Gasteiger partial charge in [-0.3, -0.25) is 0 Å². The van der Waals surface area contributed by atoms with Gasteiger partial charge in [0.25, 0.3) is 0 Å². The number of rotatable bonds is 6. The van der Waals surface area contributed by atoms with Crippen LogP contribution in [0.25, 0.3) is 0 Å². The van der Waals surface area contributed by atoms with Crippen LogP contribution in [-0.4, -0.2) is 20.8 Å². The van der Waals surface area contributed by atoms with Crippen molar-refractivity contribution in [2.75, 3.05) is 6.16 Å². The molecule has 0 aromatic rings. The fourth-order valence-electron chi connectivity index (χ4n) is 0.624. The van der Waals surface area contributed by atoms with Gasteiger partial charge < -0.3 is 0 Å². The maximum Gasteiger partial charge on any atom is -0.147 e. The van der Waals surface area contributed by atoms with Crippen molar-refractivity contribution in [2.45, 2.75) is 50.7 Å². The van der Waals surface area contributed by atoms with Gasteiger partial charge >= 0.3 is 94.4 Å². The van der Waals surface area contributed by atoms with E-state index in [1.54, 1.807) is 6.92 Å². The van der Waals surface area contributed by atoms with Gasteiger partial charge in [0.15, 0.2) is 0 Å². The van der Waals surface area contributed by atoms with Crippen LogP contribution in [0.4, 0.5) is 0 Å². The van der Waals surface area contributed by atoms with E-state index >= 15 is 0 Å². The summed E-state index contributed by atoms with van der Waals surface area (Å²) in [5.74, 6) is 0. The smallest absolute Gasteiger partial charge is 0.147 e. The molecule has 0 aromatic carbocycles. The van der Waals surface area contributed by atoms with Gasteiger partial charge in [-0.25, -0.2) is 0 Å². The SMILES string of the molecule is CCC[PH](O)(O)O.CC[CH2][Cu][CH2]CC.Cl. The van der Waals surface area contributed by atoms with E-state index in [4.69, 9.17) is 14.7 Å². The van der Waals surface area contributed by atoms with E-state index in [0.29, 0.717) is 6.42 Å². The fourth-order valence-corrected chi connectivity index (χ4v) is 2.20. The molecule has 0 unspecified atom stereocenters. The van der Waals surface area contributed by atoms with Crippen molar-refractivity contribution in [3.05, 3.63) is 0 Å². The van der Waals surface area contributed by atoms with Gasteiger partial charge in [-0.2, -0.15) is 0 Å². The minimum absolute atomic E-state index is 0. The van der Waals surface area contributed by atoms with Crippen LogP contribution in [-0.2, 0) is 15.0 Å². The van der Waals surface area contributed by atoms with E-state index < -0.39 is 7.94 Å². The van der Waals surface area contributed by atoms with Crippen molar-refractivity contribution < 1.29 is 29.6 Å². The minimum atomic E-state index is -3.66. The molecule has 0 amide bonds. The molecule has 0 fully saturated rings. The second kappa shape index (κ2) is 15.1. The molecule has 103 valence electrons. The van der Waals surface area contributed by atoms with Gasteiger partial charge in [-0.15, -0.1) is 12.4 Å². The zero-order chi connectivity index (χ0) is 11.4. The topological polar surface area (TPSA) is 60.7 Å². The van der Waals surface area contributed by atoms with Crippen LogP contribution in [0.1, 0.15) is 40.0 Å². The zero-order valence-corrected chi connectivity index (χ0v) is 12.6. The fraction of sp³-hybridized carbons (Fsp3) is 1.00. The average Bonchev–Trinajstić information content (AvgIpc) is 2.04. The summed E-state index contributed by atoms with van der Waals surface area (Å²) >= 11 is 2.13. The Balaban J connectivity index is -0.000000180. The van der Waals surface area contributed by atoms with Crippen LogP contribution in [0, 0.1) is 0 Å². The molecule has 0 aliphatic carbocycles. The van der Waals surface area contributed by atoms with E-state index in [0.717, 1.165) is 0 Å². The Morgan fingerprint density at radius 1 is 0.867 bits per heavy atom. The quantitative estimate of drug-likeness (QED) is 0.401. The molecule has 15 heavy (non-hydrogen) atoms. The van der Waals surface area contributed by atoms with Gasteiger partial charge in [0.1, 0.15) is 0 Å². The standard InChI is InChI=1S/C3H11O3P.2C3H7.ClH.Cu/c1-2-3-7(4,5)6;2*1-3-2;;/h4-7H,2-3H2,1H3;2*1,3H2,2H3;1H;. The van der Waals surface area contributed by atoms with Crippen molar-refractivity contribution in [1.82, 2.24) is 0 Å². The molecule has 0 heterocycles. The van der Waals surface area contributed by atoms with E-state index in [1.165, 1.54) is 23.5 Å². The molecule has 0 aliphatic rings. The first-order valence-corrected chi connectivity index (χ1v) is 8.45. The Hall–Kier alpha value is 1.12. The first kappa shape index (κ1) is 21.4. The molecular formula is C9H26ClCuO3P. The van der Waals surface area contributed by atoms with Crippen LogP contribution in [0.5, 0.6) is 0 Å². The summed E-state index contributed by atoms with van der Waals surface area (Å²) < 4.78 is 0. The summed E-state index contributed by atoms with van der Waals surface area (Å²) in [7, 11) is -3.66. The monoisotopic (exact) mass is 311 g/mol. The predicted octanol–water partition coefficient (Wildman–Crippen LogP) is 3.02. The second-order valence-electron chi connectivity index (χ2n) is 2.98. The molecular weight excluding hydrogens is 286 g/mol. The summed E-state index contributed by atoms with van der Waals surface area (Å²) in [6.45, 7) is 6.23. The van der Waals surface area contributed by atoms with Crippen molar-refractivity contribution in [1.29, 1.82) is 0 Å². The molecule has 0 atom stereocenters. The predicted molar refractivity (Wildman–Crippen MR) is 67.6 cm³/mol. The van der Waals surface area contributed by atoms with E-state index in [1.807, 2.05) is 0 Å². The maximum absolute atomic E-state index is 8.27. The molecule has 0 aliphatic heterocycles. The third-order valence-electron chi connectivity index (χ3n) is 1.10. The molecule has 0 rings (SSSR count). The zero-order valence-electron chi connectivity index (χ0n) is 9.79. The van der Waals surface area contributed by atoms with Crippen LogP contribution < -0.4 is 0 Å². The average molecular weight is 312 g/mol. The molecule has 0 spiro atoms. The number of halogens is 1. The molecule has 0 saturated carbocycles. The summed E-state index contributed by atoms with van der Waals surface area (Å²) in [4.78, 5) is 24.8. The summed E-state index contributed by atoms with van der Waals surface area (Å²) in [6, 6.07) is 0. The van der Waals surface area contributed by atoms with Crippen LogP contribution >= 0.6 is 20.4 Å². The first-order chi connectivity index (χ1) is 6.47. The van der Waals surface area contributed by atoms with Gasteiger partial charge in [0, 0.05) is 0 Å². The molecule has 3 N–H and O–H groups in total. The summed E-state index contributed by atoms with van der Waals surface area (Å²) in [5, 5.41) is 2.66. The Labute approximate surface area is 107 Å². The first-order valence-electron chi connectivity index (χ1n) is 5.07. The molecule has 6 heteroatoms. The largest absolute Gasteiger partial charge is 0.147 e. The van der Waals surface area contributed by atoms with E-state index in [-0.39, 0.29) is 18.6 Å². The van der Waals surface area contributed by atoms with Crippen LogP contribution in [0.2, 0.25) is 10.6 Å². The molecule has 0 radical (unpaired) electrons. The Morgan fingerprint density at radius 2 is 1.27 bits per heavy atom. The van der Waals surface area contributed by atoms with Crippen LogP contribution in [0.3, 0.4) is 0 Å². The number of hydrogen-bond donors (Lipinski definition) is 3. The third-order valence-corrected chi connectivity index (χ3v) is 3.88. The second-order valence-corrected chi connectivity index (χ2v) is 6.44. The van der Waals surface area contributed by atoms with Gasteiger partial charge in [0.05, 0.1) is 0 Å².